The van der Waals surface area contributed by atoms with Gasteiger partial charge in [-0.2, -0.15) is 0 Å². The lowest BCUT2D eigenvalue weighted by molar-refractivity contribution is 0.0646. The Bertz CT molecular complexity index is 539. The van der Waals surface area contributed by atoms with Crippen molar-refractivity contribution in [1.29, 1.82) is 0 Å². The predicted molar refractivity (Wildman–Crippen MR) is 75.1 cm³/mol. The zero-order valence-corrected chi connectivity index (χ0v) is 12.5. The number of methoxy groups -OCH3 is 1. The van der Waals surface area contributed by atoms with Gasteiger partial charge in [0, 0.05) is 30.2 Å². The summed E-state index contributed by atoms with van der Waals surface area (Å²) in [5.41, 5.74) is 0.196. The molecule has 108 valence electrons. The molecule has 2 fully saturated rings. The molecular weight excluding hydrogens is 328 g/mol. The minimum atomic E-state index is -0.981. The summed E-state index contributed by atoms with van der Waals surface area (Å²) in [6.45, 7) is 1.88. The maximum atomic E-state index is 11.4. The molecule has 0 radical (unpaired) electrons. The molecule has 2 saturated heterocycles. The molecule has 0 bridgehead atoms. The van der Waals surface area contributed by atoms with E-state index in [0.29, 0.717) is 30.0 Å². The van der Waals surface area contributed by atoms with E-state index in [4.69, 9.17) is 9.47 Å². The van der Waals surface area contributed by atoms with Crippen LogP contribution in [0.1, 0.15) is 10.4 Å². The maximum absolute atomic E-state index is 11.4. The molecule has 7 heteroatoms. The Labute approximate surface area is 124 Å². The van der Waals surface area contributed by atoms with Crippen LogP contribution in [0.25, 0.3) is 0 Å². The van der Waals surface area contributed by atoms with Gasteiger partial charge >= 0.3 is 5.97 Å². The van der Waals surface area contributed by atoms with Gasteiger partial charge in [0.05, 0.1) is 25.4 Å². The molecule has 0 spiro atoms. The van der Waals surface area contributed by atoms with Gasteiger partial charge in [0.2, 0.25) is 0 Å². The Balaban J connectivity index is 1.99. The molecule has 3 rings (SSSR count). The number of hydrogen-bond donors (Lipinski definition) is 1. The van der Waals surface area contributed by atoms with Crippen molar-refractivity contribution in [3.63, 3.8) is 0 Å². The van der Waals surface area contributed by atoms with Crippen LogP contribution < -0.4 is 4.90 Å². The summed E-state index contributed by atoms with van der Waals surface area (Å²) in [5, 5.41) is 9.36. The Morgan fingerprint density at radius 2 is 2.40 bits per heavy atom. The fourth-order valence-corrected chi connectivity index (χ4v) is 3.34. The average Bonchev–Trinajstić information content (AvgIpc) is 3.00. The number of carbonyl (C=O) groups is 1. The number of anilines is 1. The monoisotopic (exact) mass is 342 g/mol. The molecule has 0 amide bonds. The van der Waals surface area contributed by atoms with E-state index in [1.807, 2.05) is 4.90 Å². The van der Waals surface area contributed by atoms with E-state index < -0.39 is 5.97 Å². The van der Waals surface area contributed by atoms with E-state index in [9.17, 15) is 9.90 Å². The normalized spacial score (nSPS) is 28.7. The molecule has 0 unspecified atom stereocenters. The summed E-state index contributed by atoms with van der Waals surface area (Å²) in [6, 6.07) is 1.71. The molecule has 1 aromatic heterocycles. The standard InChI is InChI=1S/C13H15BrN2O4/c1-19-11-4-16(10-6-20-5-9(10)11)12-8(13(17)18)2-7(14)3-15-12/h2-3,9-11H,4-6H2,1H3,(H,17,18)/t9-,10+,11-/m1/s1. The van der Waals surface area contributed by atoms with Crippen molar-refractivity contribution >= 4 is 27.7 Å². The largest absolute Gasteiger partial charge is 0.478 e. The number of hydrogen-bond acceptors (Lipinski definition) is 5. The lowest BCUT2D eigenvalue weighted by Crippen LogP contribution is -2.34. The SMILES string of the molecule is CO[C@@H]1CN(c2ncc(Br)cc2C(=O)O)[C@H]2COC[C@@H]12. The first-order valence-corrected chi connectivity index (χ1v) is 7.17. The summed E-state index contributed by atoms with van der Waals surface area (Å²) in [4.78, 5) is 17.7. The number of nitrogens with zero attached hydrogens (tertiary/aromatic N) is 2. The van der Waals surface area contributed by atoms with Gasteiger partial charge in [0.15, 0.2) is 0 Å². The molecule has 3 atom stereocenters. The van der Waals surface area contributed by atoms with Crippen molar-refractivity contribution in [2.45, 2.75) is 12.1 Å². The van der Waals surface area contributed by atoms with Gasteiger partial charge in [-0.15, -0.1) is 0 Å². The van der Waals surface area contributed by atoms with Crippen LogP contribution in [0, 0.1) is 5.92 Å². The van der Waals surface area contributed by atoms with Crippen molar-refractivity contribution in [3.05, 3.63) is 22.3 Å². The lowest BCUT2D eigenvalue weighted by Gasteiger charge is -2.25. The van der Waals surface area contributed by atoms with Crippen molar-refractivity contribution < 1.29 is 19.4 Å². The number of aromatic carboxylic acids is 1. The van der Waals surface area contributed by atoms with Gasteiger partial charge in [0.1, 0.15) is 11.4 Å². The van der Waals surface area contributed by atoms with Crippen LogP contribution in [-0.4, -0.2) is 55.1 Å². The number of pyridine rings is 1. The molecule has 0 aromatic carbocycles. The molecule has 3 heterocycles. The van der Waals surface area contributed by atoms with E-state index in [2.05, 4.69) is 20.9 Å². The van der Waals surface area contributed by atoms with Crippen molar-refractivity contribution in [2.24, 2.45) is 5.92 Å². The molecule has 2 aliphatic rings. The van der Waals surface area contributed by atoms with Crippen LogP contribution in [0.3, 0.4) is 0 Å². The predicted octanol–water partition coefficient (Wildman–Crippen LogP) is 1.39. The summed E-state index contributed by atoms with van der Waals surface area (Å²) in [7, 11) is 1.68. The highest BCUT2D eigenvalue weighted by Gasteiger charge is 2.47. The van der Waals surface area contributed by atoms with E-state index in [1.54, 1.807) is 19.4 Å². The maximum Gasteiger partial charge on any atom is 0.339 e. The summed E-state index contributed by atoms with van der Waals surface area (Å²) in [6.07, 6.45) is 1.67. The van der Waals surface area contributed by atoms with Crippen LogP contribution in [0.2, 0.25) is 0 Å². The van der Waals surface area contributed by atoms with Gasteiger partial charge in [-0.05, 0) is 22.0 Å². The number of fused-ring (bicyclic) bond motifs is 1. The van der Waals surface area contributed by atoms with Crippen LogP contribution in [-0.2, 0) is 9.47 Å². The van der Waals surface area contributed by atoms with Gasteiger partial charge in [-0.1, -0.05) is 0 Å². The fourth-order valence-electron chi connectivity index (χ4n) is 3.01. The molecule has 20 heavy (non-hydrogen) atoms. The third-order valence-corrected chi connectivity index (χ3v) is 4.42. The molecule has 6 nitrogen and oxygen atoms in total. The van der Waals surface area contributed by atoms with Gasteiger partial charge in [-0.3, -0.25) is 0 Å². The fraction of sp³-hybridized carbons (Fsp3) is 0.538. The number of rotatable bonds is 3. The van der Waals surface area contributed by atoms with E-state index in [0.717, 1.165) is 0 Å². The second-order valence-corrected chi connectivity index (χ2v) is 5.94. The molecule has 1 N–H and O–H groups in total. The highest BCUT2D eigenvalue weighted by molar-refractivity contribution is 9.10. The number of carboxylic acid groups (broad SMARTS) is 1. The summed E-state index contributed by atoms with van der Waals surface area (Å²) >= 11 is 3.26. The second kappa shape index (κ2) is 5.31. The Morgan fingerprint density at radius 3 is 3.10 bits per heavy atom. The minimum Gasteiger partial charge on any atom is -0.478 e. The third-order valence-electron chi connectivity index (χ3n) is 3.99. The highest BCUT2D eigenvalue weighted by atomic mass is 79.9. The number of carboxylic acids is 1. The zero-order chi connectivity index (χ0) is 14.3. The Morgan fingerprint density at radius 1 is 1.60 bits per heavy atom. The van der Waals surface area contributed by atoms with Crippen molar-refractivity contribution in [2.75, 3.05) is 31.8 Å². The molecule has 0 aliphatic carbocycles. The van der Waals surface area contributed by atoms with E-state index in [1.165, 1.54) is 0 Å². The topological polar surface area (TPSA) is 71.9 Å². The number of halogens is 1. The lowest BCUT2D eigenvalue weighted by atomic mass is 10.0. The van der Waals surface area contributed by atoms with Crippen LogP contribution in [0.5, 0.6) is 0 Å². The first-order valence-electron chi connectivity index (χ1n) is 6.38. The van der Waals surface area contributed by atoms with Crippen LogP contribution in [0.15, 0.2) is 16.7 Å². The van der Waals surface area contributed by atoms with Crippen molar-refractivity contribution in [3.8, 4) is 0 Å². The summed E-state index contributed by atoms with van der Waals surface area (Å²) < 4.78 is 11.7. The second-order valence-electron chi connectivity index (χ2n) is 5.03. The van der Waals surface area contributed by atoms with Crippen LogP contribution in [0.4, 0.5) is 5.82 Å². The van der Waals surface area contributed by atoms with Crippen LogP contribution >= 0.6 is 15.9 Å². The van der Waals surface area contributed by atoms with Gasteiger partial charge in [0.25, 0.3) is 0 Å². The van der Waals surface area contributed by atoms with E-state index >= 15 is 0 Å². The molecule has 1 aromatic rings. The minimum absolute atomic E-state index is 0.0505. The van der Waals surface area contributed by atoms with E-state index in [-0.39, 0.29) is 23.6 Å². The highest BCUT2D eigenvalue weighted by Crippen LogP contribution is 2.36. The third kappa shape index (κ3) is 2.19. The smallest absolute Gasteiger partial charge is 0.339 e. The Hall–Kier alpha value is -1.18. The summed E-state index contributed by atoms with van der Waals surface area (Å²) in [5.74, 6) is -0.224. The zero-order valence-electron chi connectivity index (χ0n) is 11.0. The van der Waals surface area contributed by atoms with Gasteiger partial charge < -0.3 is 19.5 Å². The molecular formula is C13H15BrN2O4. The number of aromatic nitrogens is 1. The van der Waals surface area contributed by atoms with Crippen molar-refractivity contribution in [1.82, 2.24) is 4.98 Å². The molecule has 2 aliphatic heterocycles. The average molecular weight is 343 g/mol. The number of ether oxygens (including phenoxy) is 2. The first-order chi connectivity index (χ1) is 9.61. The quantitative estimate of drug-likeness (QED) is 0.894. The first kappa shape index (κ1) is 13.8. The molecule has 0 saturated carbocycles. The Kier molecular flexibility index (Phi) is 3.66. The van der Waals surface area contributed by atoms with Gasteiger partial charge in [-0.25, -0.2) is 9.78 Å².